The summed E-state index contributed by atoms with van der Waals surface area (Å²) < 4.78 is 21.8. The van der Waals surface area contributed by atoms with Gasteiger partial charge in [-0.2, -0.15) is 0 Å². The predicted octanol–water partition coefficient (Wildman–Crippen LogP) is 3.71. The third kappa shape index (κ3) is 13.4. The van der Waals surface area contributed by atoms with Crippen molar-refractivity contribution in [2.24, 2.45) is 5.41 Å². The Bertz CT molecular complexity index is 1470. The summed E-state index contributed by atoms with van der Waals surface area (Å²) in [5.41, 5.74) is 3.46. The number of aromatic nitrogens is 1. The second-order valence-corrected chi connectivity index (χ2v) is 15.9. The van der Waals surface area contributed by atoms with Crippen molar-refractivity contribution in [3.05, 3.63) is 41.0 Å². The number of thiazole rings is 1. The van der Waals surface area contributed by atoms with Gasteiger partial charge in [0.1, 0.15) is 24.3 Å². The number of aryl methyl sites for hydroxylation is 1. The van der Waals surface area contributed by atoms with Crippen LogP contribution in [0.15, 0.2) is 29.8 Å². The van der Waals surface area contributed by atoms with Crippen molar-refractivity contribution in [2.45, 2.75) is 91.6 Å². The molecule has 2 heterocycles. The van der Waals surface area contributed by atoms with Crippen molar-refractivity contribution in [1.29, 1.82) is 0 Å². The lowest BCUT2D eigenvalue weighted by atomic mass is 9.85. The molecule has 4 amide bonds. The average molecular weight is 748 g/mol. The summed E-state index contributed by atoms with van der Waals surface area (Å²) in [5.74, 6) is -1.31. The van der Waals surface area contributed by atoms with Gasteiger partial charge in [0, 0.05) is 26.6 Å². The van der Waals surface area contributed by atoms with E-state index in [0.717, 1.165) is 21.7 Å². The van der Waals surface area contributed by atoms with Crippen LogP contribution in [-0.4, -0.2) is 127 Å². The van der Waals surface area contributed by atoms with Crippen LogP contribution < -0.4 is 10.6 Å². The first-order valence-electron chi connectivity index (χ1n) is 17.6. The number of likely N-dealkylation sites (tertiary alicyclic amines) is 1. The second kappa shape index (κ2) is 19.4. The molecule has 1 saturated heterocycles. The number of aliphatic hydroxyl groups is 1. The number of amides is 4. The number of rotatable bonds is 17. The minimum atomic E-state index is -0.966. The van der Waals surface area contributed by atoms with E-state index < -0.39 is 47.1 Å². The maximum Gasteiger partial charge on any atom is 0.410 e. The smallest absolute Gasteiger partial charge is 0.410 e. The van der Waals surface area contributed by atoms with Crippen molar-refractivity contribution >= 4 is 35.2 Å². The number of β-amino-alcohol motifs (C(OH)–C–C–N with tert-alkyl or cyclic N) is 1. The van der Waals surface area contributed by atoms with E-state index in [0.29, 0.717) is 26.4 Å². The minimum Gasteiger partial charge on any atom is -0.444 e. The number of likely N-dealkylation sites (N-methyl/N-ethyl adjacent to an activating group) is 1. The molecule has 0 bridgehead atoms. The van der Waals surface area contributed by atoms with Gasteiger partial charge in [0.05, 0.1) is 61.3 Å². The first-order chi connectivity index (χ1) is 24.4. The monoisotopic (exact) mass is 747 g/mol. The van der Waals surface area contributed by atoms with Crippen LogP contribution in [0, 0.1) is 12.3 Å². The lowest BCUT2D eigenvalue weighted by Gasteiger charge is -2.35. The van der Waals surface area contributed by atoms with Gasteiger partial charge in [-0.3, -0.25) is 14.4 Å². The molecule has 3 rings (SSSR count). The highest BCUT2D eigenvalue weighted by Crippen LogP contribution is 2.29. The Hall–Kier alpha value is -3.63. The molecule has 1 aromatic heterocycles. The number of hydrogen-bond acceptors (Lipinski definition) is 11. The molecule has 1 aliphatic heterocycles. The van der Waals surface area contributed by atoms with E-state index in [4.69, 9.17) is 18.9 Å². The Morgan fingerprint density at radius 1 is 0.981 bits per heavy atom. The van der Waals surface area contributed by atoms with E-state index in [1.165, 1.54) is 9.80 Å². The fourth-order valence-corrected chi connectivity index (χ4v) is 6.27. The summed E-state index contributed by atoms with van der Waals surface area (Å²) in [6, 6.07) is 5.70. The third-order valence-corrected chi connectivity index (χ3v) is 9.29. The fraction of sp³-hybridized carbons (Fsp3) is 0.649. The standard InChI is InChI=1S/C37H57N5O9S/c1-24(26-10-12-27(13-11-26)31-25(2)38-23-52-31)39-33(45)29-20-28(43)21-42(29)34(46)32(36(3,4)5)40-30(44)22-50-19-18-49-17-16-48-15-14-41(9)35(47)51-37(6,7)8/h10-13,23-24,28-29,32,43H,14-22H2,1-9H3,(H,39,45)(H,40,44)/t24-,28+,29-,32+/m0/s1. The van der Waals surface area contributed by atoms with Gasteiger partial charge >= 0.3 is 6.09 Å². The summed E-state index contributed by atoms with van der Waals surface area (Å²) in [6.45, 7) is 16.1. The first-order valence-corrected chi connectivity index (χ1v) is 18.5. The maximum atomic E-state index is 13.9. The van der Waals surface area contributed by atoms with Crippen LogP contribution in [0.4, 0.5) is 4.79 Å². The highest BCUT2D eigenvalue weighted by molar-refractivity contribution is 7.13. The number of hydrogen-bond donors (Lipinski definition) is 3. The summed E-state index contributed by atoms with van der Waals surface area (Å²) in [6.07, 6.45) is -1.20. The molecule has 0 unspecified atom stereocenters. The Morgan fingerprint density at radius 2 is 1.60 bits per heavy atom. The molecule has 290 valence electrons. The summed E-state index contributed by atoms with van der Waals surface area (Å²) in [5, 5.41) is 16.3. The number of ether oxygens (including phenoxy) is 4. The third-order valence-electron chi connectivity index (χ3n) is 8.31. The second-order valence-electron chi connectivity index (χ2n) is 15.1. The summed E-state index contributed by atoms with van der Waals surface area (Å²) in [4.78, 5) is 60.5. The van der Waals surface area contributed by atoms with E-state index in [1.807, 2.05) is 64.4 Å². The molecule has 0 aliphatic carbocycles. The van der Waals surface area contributed by atoms with E-state index in [2.05, 4.69) is 15.6 Å². The van der Waals surface area contributed by atoms with Crippen LogP contribution >= 0.6 is 11.3 Å². The normalized spacial score (nSPS) is 17.4. The van der Waals surface area contributed by atoms with E-state index in [-0.39, 0.29) is 44.7 Å². The lowest BCUT2D eigenvalue weighted by molar-refractivity contribution is -0.144. The Balaban J connectivity index is 1.42. The van der Waals surface area contributed by atoms with Crippen LogP contribution in [0.5, 0.6) is 0 Å². The molecule has 15 heteroatoms. The molecule has 14 nitrogen and oxygen atoms in total. The van der Waals surface area contributed by atoms with Crippen LogP contribution in [0.1, 0.15) is 72.2 Å². The summed E-state index contributed by atoms with van der Waals surface area (Å²) in [7, 11) is 1.64. The molecule has 4 atom stereocenters. The van der Waals surface area contributed by atoms with Gasteiger partial charge in [-0.1, -0.05) is 45.0 Å². The van der Waals surface area contributed by atoms with Gasteiger partial charge in [-0.05, 0) is 51.2 Å². The summed E-state index contributed by atoms with van der Waals surface area (Å²) >= 11 is 1.57. The van der Waals surface area contributed by atoms with Crippen molar-refractivity contribution in [3.8, 4) is 10.4 Å². The van der Waals surface area contributed by atoms with Crippen LogP contribution in [0.2, 0.25) is 0 Å². The topological polar surface area (TPSA) is 169 Å². The molecule has 0 saturated carbocycles. The zero-order chi connectivity index (χ0) is 38.6. The Labute approximate surface area is 311 Å². The predicted molar refractivity (Wildman–Crippen MR) is 198 cm³/mol. The molecule has 0 radical (unpaired) electrons. The minimum absolute atomic E-state index is 0.0192. The molecule has 1 fully saturated rings. The maximum absolute atomic E-state index is 13.9. The number of nitrogens with one attached hydrogen (secondary N) is 2. The molecule has 0 spiro atoms. The van der Waals surface area contributed by atoms with Crippen molar-refractivity contribution in [1.82, 2.24) is 25.4 Å². The van der Waals surface area contributed by atoms with Gasteiger partial charge in [0.2, 0.25) is 17.7 Å². The van der Waals surface area contributed by atoms with Crippen LogP contribution in [0.25, 0.3) is 10.4 Å². The van der Waals surface area contributed by atoms with Crippen LogP contribution in [0.3, 0.4) is 0 Å². The van der Waals surface area contributed by atoms with Gasteiger partial charge in [-0.25, -0.2) is 9.78 Å². The number of nitrogens with zero attached hydrogens (tertiary/aromatic N) is 3. The van der Waals surface area contributed by atoms with Gasteiger partial charge < -0.3 is 44.5 Å². The fourth-order valence-electron chi connectivity index (χ4n) is 5.46. The van der Waals surface area contributed by atoms with Gasteiger partial charge in [0.15, 0.2) is 0 Å². The quantitative estimate of drug-likeness (QED) is 0.203. The van der Waals surface area contributed by atoms with Crippen molar-refractivity contribution in [2.75, 3.05) is 59.8 Å². The largest absolute Gasteiger partial charge is 0.444 e. The van der Waals surface area contributed by atoms with E-state index >= 15 is 0 Å². The van der Waals surface area contributed by atoms with Crippen molar-refractivity contribution < 1.29 is 43.2 Å². The molecular formula is C37H57N5O9S. The average Bonchev–Trinajstić information content (AvgIpc) is 3.67. The number of benzene rings is 1. The van der Waals surface area contributed by atoms with Crippen LogP contribution in [-0.2, 0) is 33.3 Å². The van der Waals surface area contributed by atoms with Gasteiger partial charge in [-0.15, -0.1) is 11.3 Å². The first kappa shape index (κ1) is 42.8. The Morgan fingerprint density at radius 3 is 2.17 bits per heavy atom. The van der Waals surface area contributed by atoms with E-state index in [1.54, 1.807) is 39.2 Å². The lowest BCUT2D eigenvalue weighted by Crippen LogP contribution is -2.58. The number of aliphatic hydroxyl groups excluding tert-OH is 1. The zero-order valence-corrected chi connectivity index (χ0v) is 32.8. The van der Waals surface area contributed by atoms with Gasteiger partial charge in [0.25, 0.3) is 0 Å². The SMILES string of the molecule is Cc1ncsc1-c1ccc([C@H](C)NC(=O)[C@@H]2C[C@@H](O)CN2C(=O)[C@@H](NC(=O)COCCOCCOCCN(C)C(=O)OC(C)(C)C)C(C)(C)C)cc1. The number of carbonyl (C=O) groups excluding carboxylic acids is 4. The highest BCUT2D eigenvalue weighted by atomic mass is 32.1. The molecule has 1 aromatic carbocycles. The molecule has 3 N–H and O–H groups in total. The molecule has 1 aliphatic rings. The molecular weight excluding hydrogens is 690 g/mol. The molecule has 52 heavy (non-hydrogen) atoms. The number of carbonyl (C=O) groups is 4. The van der Waals surface area contributed by atoms with E-state index in [9.17, 15) is 24.3 Å². The molecule has 2 aromatic rings. The zero-order valence-electron chi connectivity index (χ0n) is 32.0. The highest BCUT2D eigenvalue weighted by Gasteiger charge is 2.44. The Kier molecular flexibility index (Phi) is 16.0. The van der Waals surface area contributed by atoms with Crippen molar-refractivity contribution in [3.63, 3.8) is 0 Å².